The van der Waals surface area contributed by atoms with Gasteiger partial charge in [-0.25, -0.2) is 0 Å². The molecule has 1 amide bonds. The van der Waals surface area contributed by atoms with Crippen molar-refractivity contribution in [3.63, 3.8) is 0 Å². The summed E-state index contributed by atoms with van der Waals surface area (Å²) in [6.45, 7) is 3.88. The molecule has 1 aromatic rings. The van der Waals surface area contributed by atoms with Crippen LogP contribution in [0, 0.1) is 0 Å². The third kappa shape index (κ3) is 5.28. The lowest BCUT2D eigenvalue weighted by Gasteiger charge is -2.20. The first kappa shape index (κ1) is 15.5. The summed E-state index contributed by atoms with van der Waals surface area (Å²) in [4.78, 5) is 13.8. The minimum absolute atomic E-state index is 0.0353. The van der Waals surface area contributed by atoms with Crippen molar-refractivity contribution in [2.24, 2.45) is 0 Å². The predicted octanol–water partition coefficient (Wildman–Crippen LogP) is 1.74. The molecule has 0 bridgehead atoms. The first-order valence-corrected chi connectivity index (χ1v) is 6.35. The molecule has 5 heteroatoms. The van der Waals surface area contributed by atoms with E-state index in [9.17, 15) is 4.79 Å². The van der Waals surface area contributed by atoms with Crippen LogP contribution in [-0.4, -0.2) is 46.4 Å². The molecule has 0 heterocycles. The lowest BCUT2D eigenvalue weighted by Crippen LogP contribution is -2.22. The number of ether oxygens (including phenoxy) is 2. The number of methoxy groups -OCH3 is 1. The summed E-state index contributed by atoms with van der Waals surface area (Å²) in [6, 6.07) is 7.71. The van der Waals surface area contributed by atoms with Gasteiger partial charge in [-0.1, -0.05) is 12.1 Å². The van der Waals surface area contributed by atoms with Crippen molar-refractivity contribution in [1.29, 1.82) is 0 Å². The molecule has 0 aliphatic carbocycles. The fourth-order valence-electron chi connectivity index (χ4n) is 1.58. The van der Waals surface area contributed by atoms with Gasteiger partial charge in [0.1, 0.15) is 6.61 Å². The predicted molar refractivity (Wildman–Crippen MR) is 76.7 cm³/mol. The number of nitrogens with one attached hydrogen (secondary N) is 1. The number of nitrogens with zero attached hydrogens (tertiary/aromatic N) is 1. The van der Waals surface area contributed by atoms with Crippen LogP contribution in [-0.2, 0) is 14.3 Å². The number of benzene rings is 1. The summed E-state index contributed by atoms with van der Waals surface area (Å²) in [5, 5.41) is 2.86. The van der Waals surface area contributed by atoms with Gasteiger partial charge >= 0.3 is 0 Å². The Morgan fingerprint density at radius 1 is 1.32 bits per heavy atom. The van der Waals surface area contributed by atoms with Crippen LogP contribution in [0.1, 0.15) is 6.92 Å². The highest BCUT2D eigenvalue weighted by Gasteiger charge is 2.08. The van der Waals surface area contributed by atoms with E-state index in [1.807, 2.05) is 31.3 Å². The molecule has 1 rings (SSSR count). The zero-order chi connectivity index (χ0) is 14.1. The number of hydrogen-bond acceptors (Lipinski definition) is 4. The molecule has 1 N–H and O–H groups in total. The van der Waals surface area contributed by atoms with E-state index in [1.54, 1.807) is 7.11 Å². The number of anilines is 2. The van der Waals surface area contributed by atoms with Gasteiger partial charge < -0.3 is 19.7 Å². The van der Waals surface area contributed by atoms with Crippen molar-refractivity contribution < 1.29 is 14.3 Å². The summed E-state index contributed by atoms with van der Waals surface area (Å²) < 4.78 is 10.0. The van der Waals surface area contributed by atoms with Crippen LogP contribution in [0.3, 0.4) is 0 Å². The van der Waals surface area contributed by atoms with Crippen LogP contribution in [0.5, 0.6) is 0 Å². The second kappa shape index (κ2) is 8.50. The summed E-state index contributed by atoms with van der Waals surface area (Å²) in [6.07, 6.45) is 0. The minimum atomic E-state index is -0.159. The zero-order valence-corrected chi connectivity index (χ0v) is 11.8. The number of carbonyl (C=O) groups is 1. The van der Waals surface area contributed by atoms with Crippen molar-refractivity contribution in [2.45, 2.75) is 6.92 Å². The Balaban J connectivity index is 2.54. The van der Waals surface area contributed by atoms with Crippen LogP contribution in [0.2, 0.25) is 0 Å². The summed E-state index contributed by atoms with van der Waals surface area (Å²) in [5.74, 6) is -0.159. The molecule has 0 saturated carbocycles. The molecule has 0 unspecified atom stereocenters. The molecular formula is C14H22N2O3. The Morgan fingerprint density at radius 2 is 2.05 bits per heavy atom. The van der Waals surface area contributed by atoms with Crippen LogP contribution in [0.15, 0.2) is 24.3 Å². The molecule has 0 aliphatic heterocycles. The molecule has 0 spiro atoms. The molecule has 106 valence electrons. The fourth-order valence-corrected chi connectivity index (χ4v) is 1.58. The van der Waals surface area contributed by atoms with E-state index in [1.165, 1.54) is 0 Å². The maximum absolute atomic E-state index is 11.7. The fraction of sp³-hybridized carbons (Fsp3) is 0.500. The van der Waals surface area contributed by atoms with E-state index in [2.05, 4.69) is 17.1 Å². The molecular weight excluding hydrogens is 244 g/mol. The van der Waals surface area contributed by atoms with Gasteiger partial charge in [0.05, 0.1) is 24.6 Å². The van der Waals surface area contributed by atoms with Gasteiger partial charge in [0, 0.05) is 20.7 Å². The number of para-hydroxylation sites is 2. The summed E-state index contributed by atoms with van der Waals surface area (Å²) in [7, 11) is 3.58. The molecule has 0 aliphatic rings. The van der Waals surface area contributed by atoms with Gasteiger partial charge in [0.2, 0.25) is 5.91 Å². The molecule has 0 atom stereocenters. The molecule has 0 fully saturated rings. The maximum atomic E-state index is 11.7. The van der Waals surface area contributed by atoms with Gasteiger partial charge in [-0.15, -0.1) is 0 Å². The van der Waals surface area contributed by atoms with E-state index in [0.717, 1.165) is 17.9 Å². The van der Waals surface area contributed by atoms with Crippen molar-refractivity contribution in [2.75, 3.05) is 50.7 Å². The Labute approximate surface area is 114 Å². The normalized spacial score (nSPS) is 10.3. The van der Waals surface area contributed by atoms with Crippen molar-refractivity contribution in [3.8, 4) is 0 Å². The van der Waals surface area contributed by atoms with E-state index in [0.29, 0.717) is 13.2 Å². The quantitative estimate of drug-likeness (QED) is 0.728. The number of amides is 1. The monoisotopic (exact) mass is 266 g/mol. The lowest BCUT2D eigenvalue weighted by molar-refractivity contribution is -0.121. The molecule has 19 heavy (non-hydrogen) atoms. The van der Waals surface area contributed by atoms with Crippen LogP contribution >= 0.6 is 0 Å². The van der Waals surface area contributed by atoms with E-state index in [-0.39, 0.29) is 12.5 Å². The van der Waals surface area contributed by atoms with Gasteiger partial charge in [-0.3, -0.25) is 4.79 Å². The Hall–Kier alpha value is -1.59. The van der Waals surface area contributed by atoms with Gasteiger partial charge in [0.15, 0.2) is 0 Å². The topological polar surface area (TPSA) is 50.8 Å². The van der Waals surface area contributed by atoms with Crippen molar-refractivity contribution >= 4 is 17.3 Å². The zero-order valence-electron chi connectivity index (χ0n) is 11.8. The Kier molecular flexibility index (Phi) is 6.92. The minimum Gasteiger partial charge on any atom is -0.382 e. The number of hydrogen-bond donors (Lipinski definition) is 1. The molecule has 0 aromatic heterocycles. The lowest BCUT2D eigenvalue weighted by atomic mass is 10.2. The van der Waals surface area contributed by atoms with Gasteiger partial charge in [-0.2, -0.15) is 0 Å². The van der Waals surface area contributed by atoms with Crippen LogP contribution in [0.4, 0.5) is 11.4 Å². The first-order valence-electron chi connectivity index (χ1n) is 6.35. The smallest absolute Gasteiger partial charge is 0.250 e. The average Bonchev–Trinajstić information content (AvgIpc) is 2.43. The second-order valence-corrected chi connectivity index (χ2v) is 4.12. The standard InChI is InChI=1S/C14H22N2O3/c1-4-16(2)13-8-6-5-7-12(13)15-14(17)11-19-10-9-18-3/h5-8H,4,9-11H2,1-3H3,(H,15,17). The Bertz CT molecular complexity index is 396. The van der Waals surface area contributed by atoms with E-state index < -0.39 is 0 Å². The molecule has 5 nitrogen and oxygen atoms in total. The average molecular weight is 266 g/mol. The highest BCUT2D eigenvalue weighted by molar-refractivity contribution is 5.95. The molecule has 1 aromatic carbocycles. The van der Waals surface area contributed by atoms with Crippen molar-refractivity contribution in [3.05, 3.63) is 24.3 Å². The van der Waals surface area contributed by atoms with Gasteiger partial charge in [-0.05, 0) is 19.1 Å². The summed E-state index contributed by atoms with van der Waals surface area (Å²) >= 11 is 0. The molecule has 0 radical (unpaired) electrons. The first-order chi connectivity index (χ1) is 9.19. The third-order valence-corrected chi connectivity index (χ3v) is 2.73. The van der Waals surface area contributed by atoms with E-state index >= 15 is 0 Å². The number of carbonyl (C=O) groups excluding carboxylic acids is 1. The largest absolute Gasteiger partial charge is 0.382 e. The second-order valence-electron chi connectivity index (χ2n) is 4.12. The highest BCUT2D eigenvalue weighted by Crippen LogP contribution is 2.24. The van der Waals surface area contributed by atoms with E-state index in [4.69, 9.17) is 9.47 Å². The highest BCUT2D eigenvalue weighted by atomic mass is 16.5. The van der Waals surface area contributed by atoms with Crippen LogP contribution < -0.4 is 10.2 Å². The summed E-state index contributed by atoms with van der Waals surface area (Å²) in [5.41, 5.74) is 1.79. The maximum Gasteiger partial charge on any atom is 0.250 e. The van der Waals surface area contributed by atoms with Crippen molar-refractivity contribution in [1.82, 2.24) is 0 Å². The third-order valence-electron chi connectivity index (χ3n) is 2.73. The SMILES string of the molecule is CCN(C)c1ccccc1NC(=O)COCCOC. The number of rotatable bonds is 8. The Morgan fingerprint density at radius 3 is 2.74 bits per heavy atom. The van der Waals surface area contributed by atoms with Gasteiger partial charge in [0.25, 0.3) is 0 Å². The van der Waals surface area contributed by atoms with Crippen LogP contribution in [0.25, 0.3) is 0 Å². The molecule has 0 saturated heterocycles.